The largest absolute Gasteiger partial charge is 0.411 e. The minimum Gasteiger partial charge on any atom is -0.411 e. The summed E-state index contributed by atoms with van der Waals surface area (Å²) in [6, 6.07) is 5.84. The minimum absolute atomic E-state index is 0.0574. The average molecular weight is 193 g/mol. The second-order valence-corrected chi connectivity index (χ2v) is 3.17. The van der Waals surface area contributed by atoms with Crippen molar-refractivity contribution in [2.75, 3.05) is 0 Å². The van der Waals surface area contributed by atoms with Gasteiger partial charge in [0.1, 0.15) is 0 Å². The third-order valence-corrected chi connectivity index (χ3v) is 2.10. The van der Waals surface area contributed by atoms with Crippen LogP contribution in [0.5, 0.6) is 0 Å². The summed E-state index contributed by atoms with van der Waals surface area (Å²) in [5.74, 6) is 0. The zero-order chi connectivity index (χ0) is 10.4. The molecule has 0 aromatic carbocycles. The molecule has 76 valence electrons. The number of nitrogens with zero attached hydrogens (tertiary/aromatic N) is 2. The molecule has 0 aliphatic rings. The highest BCUT2D eigenvalue weighted by atomic mass is 16.4. The van der Waals surface area contributed by atoms with Crippen LogP contribution in [-0.2, 0) is 6.54 Å². The van der Waals surface area contributed by atoms with Crippen LogP contribution >= 0.6 is 0 Å². The highest BCUT2D eigenvalue weighted by molar-refractivity contribution is 5.86. The molecule has 0 saturated heterocycles. The molecule has 0 spiro atoms. The number of rotatable bonds is 4. The molecule has 0 fully saturated rings. The molecule has 0 saturated carbocycles. The quantitative estimate of drug-likeness (QED) is 0.432. The average Bonchev–Trinajstić information content (AvgIpc) is 2.26. The van der Waals surface area contributed by atoms with Gasteiger partial charge < -0.3 is 10.5 Å². The lowest BCUT2D eigenvalue weighted by atomic mass is 10.2. The number of hydrogen-bond acceptors (Lipinski definition) is 4. The SMILES string of the molecule is C/C(=N\O)[C@@H](C)NCc1ccccn1. The maximum absolute atomic E-state index is 8.53. The molecule has 0 radical (unpaired) electrons. The molecule has 14 heavy (non-hydrogen) atoms. The van der Waals surface area contributed by atoms with E-state index in [0.717, 1.165) is 5.69 Å². The molecule has 0 aliphatic heterocycles. The fourth-order valence-electron chi connectivity index (χ4n) is 0.995. The Morgan fingerprint density at radius 2 is 2.43 bits per heavy atom. The molecule has 1 heterocycles. The second kappa shape index (κ2) is 5.34. The summed E-state index contributed by atoms with van der Waals surface area (Å²) >= 11 is 0. The predicted octanol–water partition coefficient (Wildman–Crippen LogP) is 1.41. The summed E-state index contributed by atoms with van der Waals surface area (Å²) in [5.41, 5.74) is 1.64. The lowest BCUT2D eigenvalue weighted by Gasteiger charge is -2.11. The van der Waals surface area contributed by atoms with Crippen molar-refractivity contribution >= 4 is 5.71 Å². The van der Waals surface area contributed by atoms with Gasteiger partial charge in [0.15, 0.2) is 0 Å². The van der Waals surface area contributed by atoms with Crippen molar-refractivity contribution in [1.29, 1.82) is 0 Å². The van der Waals surface area contributed by atoms with E-state index in [9.17, 15) is 0 Å². The van der Waals surface area contributed by atoms with Crippen LogP contribution in [0, 0.1) is 0 Å². The van der Waals surface area contributed by atoms with E-state index < -0.39 is 0 Å². The number of nitrogens with one attached hydrogen (secondary N) is 1. The Labute approximate surface area is 83.7 Å². The molecule has 1 aromatic heterocycles. The van der Waals surface area contributed by atoms with Crippen molar-refractivity contribution in [2.24, 2.45) is 5.16 Å². The van der Waals surface area contributed by atoms with E-state index in [4.69, 9.17) is 5.21 Å². The van der Waals surface area contributed by atoms with Gasteiger partial charge in [-0.25, -0.2) is 0 Å². The van der Waals surface area contributed by atoms with Gasteiger partial charge in [0, 0.05) is 18.8 Å². The fraction of sp³-hybridized carbons (Fsp3) is 0.400. The summed E-state index contributed by atoms with van der Waals surface area (Å²) in [6.45, 7) is 4.39. The molecule has 1 rings (SSSR count). The Hall–Kier alpha value is -1.42. The maximum atomic E-state index is 8.53. The van der Waals surface area contributed by atoms with E-state index in [1.807, 2.05) is 25.1 Å². The Bertz CT molecular complexity index is 297. The molecule has 0 unspecified atom stereocenters. The number of oxime groups is 1. The molecular weight excluding hydrogens is 178 g/mol. The van der Waals surface area contributed by atoms with Crippen LogP contribution < -0.4 is 5.32 Å². The minimum atomic E-state index is 0.0574. The van der Waals surface area contributed by atoms with Gasteiger partial charge in [0.25, 0.3) is 0 Å². The third-order valence-electron chi connectivity index (χ3n) is 2.10. The fourth-order valence-corrected chi connectivity index (χ4v) is 0.995. The van der Waals surface area contributed by atoms with Gasteiger partial charge >= 0.3 is 0 Å². The highest BCUT2D eigenvalue weighted by Crippen LogP contribution is 1.94. The van der Waals surface area contributed by atoms with Gasteiger partial charge in [-0.05, 0) is 26.0 Å². The lowest BCUT2D eigenvalue weighted by Crippen LogP contribution is -2.32. The van der Waals surface area contributed by atoms with Gasteiger partial charge in [-0.1, -0.05) is 11.2 Å². The zero-order valence-corrected chi connectivity index (χ0v) is 8.44. The molecule has 0 aliphatic carbocycles. The monoisotopic (exact) mass is 193 g/mol. The second-order valence-electron chi connectivity index (χ2n) is 3.17. The van der Waals surface area contributed by atoms with Gasteiger partial charge in [-0.3, -0.25) is 4.98 Å². The number of aromatic nitrogens is 1. The molecule has 0 bridgehead atoms. The summed E-state index contributed by atoms with van der Waals surface area (Å²) in [5, 5.41) is 14.9. The first-order chi connectivity index (χ1) is 6.74. The van der Waals surface area contributed by atoms with Crippen molar-refractivity contribution in [1.82, 2.24) is 10.3 Å². The molecule has 4 heteroatoms. The topological polar surface area (TPSA) is 57.5 Å². The summed E-state index contributed by atoms with van der Waals surface area (Å²) in [4.78, 5) is 4.17. The van der Waals surface area contributed by atoms with Crippen LogP contribution in [0.15, 0.2) is 29.6 Å². The normalized spacial score (nSPS) is 14.0. The zero-order valence-electron chi connectivity index (χ0n) is 8.44. The van der Waals surface area contributed by atoms with Crippen LogP contribution in [0.4, 0.5) is 0 Å². The smallest absolute Gasteiger partial charge is 0.0706 e. The summed E-state index contributed by atoms with van der Waals surface area (Å²) in [7, 11) is 0. The maximum Gasteiger partial charge on any atom is 0.0706 e. The molecular formula is C10H15N3O. The van der Waals surface area contributed by atoms with Crippen molar-refractivity contribution < 1.29 is 5.21 Å². The van der Waals surface area contributed by atoms with E-state index in [1.165, 1.54) is 0 Å². The van der Waals surface area contributed by atoms with E-state index in [2.05, 4.69) is 15.5 Å². The van der Waals surface area contributed by atoms with Crippen molar-refractivity contribution in [3.8, 4) is 0 Å². The molecule has 0 amide bonds. The Kier molecular flexibility index (Phi) is 4.07. The first-order valence-corrected chi connectivity index (χ1v) is 4.56. The first-order valence-electron chi connectivity index (χ1n) is 4.56. The standard InChI is InChI=1S/C10H15N3O/c1-8(9(2)13-14)12-7-10-5-3-4-6-11-10/h3-6,8,12,14H,7H2,1-2H3/b13-9+/t8-/m1/s1. The highest BCUT2D eigenvalue weighted by Gasteiger charge is 2.04. The number of pyridine rings is 1. The molecule has 1 aromatic rings. The van der Waals surface area contributed by atoms with Crippen LogP contribution in [0.25, 0.3) is 0 Å². The van der Waals surface area contributed by atoms with Gasteiger partial charge in [0.2, 0.25) is 0 Å². The Morgan fingerprint density at radius 1 is 1.64 bits per heavy atom. The van der Waals surface area contributed by atoms with Gasteiger partial charge in [-0.15, -0.1) is 0 Å². The molecule has 2 N–H and O–H groups in total. The van der Waals surface area contributed by atoms with E-state index in [1.54, 1.807) is 13.1 Å². The van der Waals surface area contributed by atoms with Gasteiger partial charge in [0.05, 0.1) is 11.4 Å². The van der Waals surface area contributed by atoms with Crippen LogP contribution in [-0.4, -0.2) is 21.9 Å². The lowest BCUT2D eigenvalue weighted by molar-refractivity contribution is 0.315. The van der Waals surface area contributed by atoms with Crippen molar-refractivity contribution in [3.05, 3.63) is 30.1 Å². The van der Waals surface area contributed by atoms with Crippen molar-refractivity contribution in [2.45, 2.75) is 26.4 Å². The van der Waals surface area contributed by atoms with Crippen molar-refractivity contribution in [3.63, 3.8) is 0 Å². The van der Waals surface area contributed by atoms with Gasteiger partial charge in [-0.2, -0.15) is 0 Å². The summed E-state index contributed by atoms with van der Waals surface area (Å²) < 4.78 is 0. The Balaban J connectivity index is 2.42. The van der Waals surface area contributed by atoms with Crippen LogP contribution in [0.3, 0.4) is 0 Å². The van der Waals surface area contributed by atoms with Crippen LogP contribution in [0.2, 0.25) is 0 Å². The first kappa shape index (κ1) is 10.7. The van der Waals surface area contributed by atoms with E-state index >= 15 is 0 Å². The van der Waals surface area contributed by atoms with E-state index in [-0.39, 0.29) is 6.04 Å². The third kappa shape index (κ3) is 3.14. The molecule has 4 nitrogen and oxygen atoms in total. The van der Waals surface area contributed by atoms with E-state index in [0.29, 0.717) is 12.3 Å². The van der Waals surface area contributed by atoms with Crippen LogP contribution in [0.1, 0.15) is 19.5 Å². The molecule has 1 atom stereocenters. The predicted molar refractivity (Wildman–Crippen MR) is 55.4 cm³/mol. The number of hydrogen-bond donors (Lipinski definition) is 2. The Morgan fingerprint density at radius 3 is 3.00 bits per heavy atom. The summed E-state index contributed by atoms with van der Waals surface area (Å²) in [6.07, 6.45) is 1.76.